The van der Waals surface area contributed by atoms with Gasteiger partial charge in [-0.25, -0.2) is 0 Å². The van der Waals surface area contributed by atoms with Gasteiger partial charge in [0, 0.05) is 0 Å². The number of anilines is 1. The number of amides is 1. The molecule has 0 unspecified atom stereocenters. The number of nitrogens with zero attached hydrogens (tertiary/aromatic N) is 1. The summed E-state index contributed by atoms with van der Waals surface area (Å²) >= 11 is 5.68. The highest BCUT2D eigenvalue weighted by atomic mass is 35.5. The highest BCUT2D eigenvalue weighted by Gasteiger charge is 2.32. The maximum absolute atomic E-state index is 12.4. The standard InChI is InChI=1S/C12H10ClF3N2O/c1-11(2,6-17)10(19)18-9-4-3-7(5-8(9)13)12(14,15)16/h3-5H,1-2H3,(H,18,19). The normalized spacial score (nSPS) is 11.8. The van der Waals surface area contributed by atoms with Crippen molar-refractivity contribution >= 4 is 23.2 Å². The molecule has 0 atom stereocenters. The van der Waals surface area contributed by atoms with Crippen molar-refractivity contribution < 1.29 is 18.0 Å². The van der Waals surface area contributed by atoms with E-state index in [-0.39, 0.29) is 10.7 Å². The number of alkyl halides is 3. The molecule has 1 rings (SSSR count). The summed E-state index contributed by atoms with van der Waals surface area (Å²) in [6, 6.07) is 4.36. The smallest absolute Gasteiger partial charge is 0.323 e. The van der Waals surface area contributed by atoms with Gasteiger partial charge in [-0.05, 0) is 32.0 Å². The maximum Gasteiger partial charge on any atom is 0.416 e. The average Bonchev–Trinajstić information content (AvgIpc) is 2.30. The molecule has 0 bridgehead atoms. The molecule has 7 heteroatoms. The molecule has 1 aromatic rings. The van der Waals surface area contributed by atoms with Gasteiger partial charge in [-0.3, -0.25) is 4.79 Å². The van der Waals surface area contributed by atoms with Crippen LogP contribution in [-0.4, -0.2) is 5.91 Å². The quantitative estimate of drug-likeness (QED) is 0.899. The van der Waals surface area contributed by atoms with Gasteiger partial charge in [-0.1, -0.05) is 11.6 Å². The molecule has 19 heavy (non-hydrogen) atoms. The van der Waals surface area contributed by atoms with Crippen LogP contribution in [0.15, 0.2) is 18.2 Å². The summed E-state index contributed by atoms with van der Waals surface area (Å²) in [6.07, 6.45) is -4.50. The summed E-state index contributed by atoms with van der Waals surface area (Å²) in [5.74, 6) is -0.642. The second-order valence-electron chi connectivity index (χ2n) is 4.38. The lowest BCUT2D eigenvalue weighted by Gasteiger charge is -2.16. The third-order valence-electron chi connectivity index (χ3n) is 2.39. The van der Waals surface area contributed by atoms with E-state index in [1.807, 2.05) is 0 Å². The highest BCUT2D eigenvalue weighted by molar-refractivity contribution is 6.33. The third-order valence-corrected chi connectivity index (χ3v) is 2.70. The first-order valence-electron chi connectivity index (χ1n) is 5.17. The lowest BCUT2D eigenvalue weighted by atomic mass is 9.94. The largest absolute Gasteiger partial charge is 0.416 e. The number of benzene rings is 1. The van der Waals surface area contributed by atoms with Crippen LogP contribution in [0.25, 0.3) is 0 Å². The number of carbonyl (C=O) groups is 1. The second-order valence-corrected chi connectivity index (χ2v) is 4.79. The molecular weight excluding hydrogens is 281 g/mol. The first kappa shape index (κ1) is 15.3. The Morgan fingerprint density at radius 3 is 2.37 bits per heavy atom. The van der Waals surface area contributed by atoms with Gasteiger partial charge in [0.2, 0.25) is 5.91 Å². The van der Waals surface area contributed by atoms with E-state index in [2.05, 4.69) is 5.32 Å². The molecule has 0 aromatic heterocycles. The zero-order chi connectivity index (χ0) is 14.8. The number of hydrogen-bond acceptors (Lipinski definition) is 2. The van der Waals surface area contributed by atoms with Crippen LogP contribution in [0, 0.1) is 16.7 Å². The predicted octanol–water partition coefficient (Wildman–Crippen LogP) is 3.85. The van der Waals surface area contributed by atoms with E-state index in [1.165, 1.54) is 13.8 Å². The number of rotatable bonds is 2. The molecule has 0 saturated heterocycles. The lowest BCUT2D eigenvalue weighted by molar-refractivity contribution is -0.137. The number of nitriles is 1. The van der Waals surface area contributed by atoms with Crippen LogP contribution in [0.1, 0.15) is 19.4 Å². The van der Waals surface area contributed by atoms with Crippen LogP contribution >= 0.6 is 11.6 Å². The summed E-state index contributed by atoms with van der Waals surface area (Å²) < 4.78 is 37.3. The van der Waals surface area contributed by atoms with Crippen LogP contribution in [0.5, 0.6) is 0 Å². The molecule has 0 radical (unpaired) electrons. The van der Waals surface area contributed by atoms with Crippen LogP contribution in [0.3, 0.4) is 0 Å². The van der Waals surface area contributed by atoms with Crippen molar-refractivity contribution in [1.29, 1.82) is 5.26 Å². The van der Waals surface area contributed by atoms with E-state index >= 15 is 0 Å². The Morgan fingerprint density at radius 2 is 1.95 bits per heavy atom. The molecule has 0 aliphatic carbocycles. The van der Waals surface area contributed by atoms with Crippen molar-refractivity contribution in [3.8, 4) is 6.07 Å². The van der Waals surface area contributed by atoms with E-state index in [1.54, 1.807) is 6.07 Å². The number of nitrogens with one attached hydrogen (secondary N) is 1. The monoisotopic (exact) mass is 290 g/mol. The molecule has 0 spiro atoms. The lowest BCUT2D eigenvalue weighted by Crippen LogP contribution is -2.29. The fraction of sp³-hybridized carbons (Fsp3) is 0.333. The van der Waals surface area contributed by atoms with Crippen LogP contribution in [0.4, 0.5) is 18.9 Å². The third kappa shape index (κ3) is 3.61. The van der Waals surface area contributed by atoms with Crippen molar-refractivity contribution in [2.24, 2.45) is 5.41 Å². The minimum Gasteiger partial charge on any atom is -0.323 e. The van der Waals surface area contributed by atoms with E-state index in [0.29, 0.717) is 0 Å². The summed E-state index contributed by atoms with van der Waals surface area (Å²) in [5.41, 5.74) is -2.18. The average molecular weight is 291 g/mol. The van der Waals surface area contributed by atoms with E-state index in [9.17, 15) is 18.0 Å². The van der Waals surface area contributed by atoms with Crippen molar-refractivity contribution in [2.75, 3.05) is 5.32 Å². The van der Waals surface area contributed by atoms with Gasteiger partial charge < -0.3 is 5.32 Å². The number of halogens is 4. The number of carbonyl (C=O) groups excluding carboxylic acids is 1. The van der Waals surface area contributed by atoms with E-state index in [4.69, 9.17) is 16.9 Å². The topological polar surface area (TPSA) is 52.9 Å². The molecule has 0 aliphatic rings. The van der Waals surface area contributed by atoms with E-state index in [0.717, 1.165) is 18.2 Å². The molecule has 3 nitrogen and oxygen atoms in total. The molecule has 1 N–H and O–H groups in total. The minimum atomic E-state index is -4.50. The van der Waals surface area contributed by atoms with Gasteiger partial charge in [-0.2, -0.15) is 18.4 Å². The second kappa shape index (κ2) is 5.10. The fourth-order valence-electron chi connectivity index (χ4n) is 1.12. The van der Waals surface area contributed by atoms with Gasteiger partial charge in [0.1, 0.15) is 5.41 Å². The first-order chi connectivity index (χ1) is 8.58. The van der Waals surface area contributed by atoms with Gasteiger partial charge in [0.05, 0.1) is 22.3 Å². The molecule has 1 amide bonds. The molecular formula is C12H10ClF3N2O. The van der Waals surface area contributed by atoms with Crippen molar-refractivity contribution in [1.82, 2.24) is 0 Å². The fourth-order valence-corrected chi connectivity index (χ4v) is 1.35. The highest BCUT2D eigenvalue weighted by Crippen LogP contribution is 2.34. The van der Waals surface area contributed by atoms with Gasteiger partial charge >= 0.3 is 6.18 Å². The molecule has 0 aliphatic heterocycles. The van der Waals surface area contributed by atoms with E-state index < -0.39 is 23.1 Å². The minimum absolute atomic E-state index is 0.0305. The van der Waals surface area contributed by atoms with Gasteiger partial charge in [0.25, 0.3) is 0 Å². The molecule has 0 heterocycles. The number of hydrogen-bond donors (Lipinski definition) is 1. The Kier molecular flexibility index (Phi) is 4.11. The van der Waals surface area contributed by atoms with Crippen LogP contribution < -0.4 is 5.32 Å². The van der Waals surface area contributed by atoms with Gasteiger partial charge in [-0.15, -0.1) is 0 Å². The zero-order valence-electron chi connectivity index (χ0n) is 10.1. The molecule has 102 valence electrons. The molecule has 1 aromatic carbocycles. The zero-order valence-corrected chi connectivity index (χ0v) is 10.9. The Labute approximate surface area is 113 Å². The molecule has 0 fully saturated rings. The Morgan fingerprint density at radius 1 is 1.37 bits per heavy atom. The summed E-state index contributed by atoms with van der Waals surface area (Å²) in [5, 5.41) is 10.9. The summed E-state index contributed by atoms with van der Waals surface area (Å²) in [6.45, 7) is 2.78. The summed E-state index contributed by atoms with van der Waals surface area (Å²) in [4.78, 5) is 11.7. The van der Waals surface area contributed by atoms with Gasteiger partial charge in [0.15, 0.2) is 0 Å². The first-order valence-corrected chi connectivity index (χ1v) is 5.55. The summed E-state index contributed by atoms with van der Waals surface area (Å²) in [7, 11) is 0. The maximum atomic E-state index is 12.4. The molecule has 0 saturated carbocycles. The van der Waals surface area contributed by atoms with Crippen molar-refractivity contribution in [2.45, 2.75) is 20.0 Å². The Hall–Kier alpha value is -1.74. The van der Waals surface area contributed by atoms with Crippen LogP contribution in [-0.2, 0) is 11.0 Å². The van der Waals surface area contributed by atoms with Crippen molar-refractivity contribution in [3.63, 3.8) is 0 Å². The van der Waals surface area contributed by atoms with Crippen molar-refractivity contribution in [3.05, 3.63) is 28.8 Å². The Balaban J connectivity index is 3.00. The SMILES string of the molecule is CC(C)(C#N)C(=O)Nc1ccc(C(F)(F)F)cc1Cl. The van der Waals surface area contributed by atoms with Crippen LogP contribution in [0.2, 0.25) is 5.02 Å². The predicted molar refractivity (Wildman–Crippen MR) is 64.5 cm³/mol. The Bertz CT molecular complexity index is 547.